The molecule has 1 aliphatic rings. The highest BCUT2D eigenvalue weighted by atomic mass is 35.5. The van der Waals surface area contributed by atoms with Gasteiger partial charge in [-0.25, -0.2) is 0 Å². The zero-order valence-electron chi connectivity index (χ0n) is 16.0. The van der Waals surface area contributed by atoms with Gasteiger partial charge in [0.05, 0.1) is 15.5 Å². The summed E-state index contributed by atoms with van der Waals surface area (Å²) in [6.45, 7) is 1.87. The van der Waals surface area contributed by atoms with Crippen LogP contribution in [0, 0.1) is 6.92 Å². The second kappa shape index (κ2) is 8.88. The Labute approximate surface area is 198 Å². The highest BCUT2D eigenvalue weighted by Gasteiger charge is 2.34. The van der Waals surface area contributed by atoms with E-state index in [1.807, 2.05) is 19.1 Å². The summed E-state index contributed by atoms with van der Waals surface area (Å²) in [5, 5.41) is 1.96. The zero-order chi connectivity index (χ0) is 22.1. The molecule has 1 aromatic heterocycles. The Kier molecular flexibility index (Phi) is 6.20. The number of nitrogens with zero attached hydrogens (tertiary/aromatic N) is 1. The third-order valence-electron chi connectivity index (χ3n) is 4.41. The fourth-order valence-electron chi connectivity index (χ4n) is 2.86. The van der Waals surface area contributed by atoms with Gasteiger partial charge in [-0.15, -0.1) is 0 Å². The first-order valence-electron chi connectivity index (χ1n) is 9.03. The van der Waals surface area contributed by atoms with Crippen molar-refractivity contribution in [2.24, 2.45) is 0 Å². The van der Waals surface area contributed by atoms with Gasteiger partial charge in [0.25, 0.3) is 11.8 Å². The molecule has 0 unspecified atom stereocenters. The maximum atomic E-state index is 12.8. The number of aryl methyl sites for hydroxylation is 1. The minimum Gasteiger partial charge on any atom is -0.457 e. The van der Waals surface area contributed by atoms with Crippen molar-refractivity contribution in [1.29, 1.82) is 0 Å². The van der Waals surface area contributed by atoms with Crippen molar-refractivity contribution in [3.05, 3.63) is 86.4 Å². The standard InChI is InChI=1S/C22H14Cl2N2O3S2/c1-12-2-8-16(17(24)10-12)20(27)25-26-21(28)19(31-22(26)30)11-15-7-9-18(29-15)13-3-5-14(23)6-4-13/h2-11H,1H3,(H,25,27)/b19-11+. The average molecular weight is 489 g/mol. The van der Waals surface area contributed by atoms with E-state index < -0.39 is 11.8 Å². The minimum atomic E-state index is -0.523. The Morgan fingerprint density at radius 3 is 2.58 bits per heavy atom. The van der Waals surface area contributed by atoms with Crippen LogP contribution in [-0.4, -0.2) is 21.1 Å². The maximum absolute atomic E-state index is 12.8. The van der Waals surface area contributed by atoms with Crippen molar-refractivity contribution in [3.63, 3.8) is 0 Å². The summed E-state index contributed by atoms with van der Waals surface area (Å²) >= 11 is 18.4. The molecule has 0 aliphatic carbocycles. The molecule has 0 atom stereocenters. The summed E-state index contributed by atoms with van der Waals surface area (Å²) in [6, 6.07) is 15.8. The first kappa shape index (κ1) is 21.6. The van der Waals surface area contributed by atoms with Crippen LogP contribution in [0.15, 0.2) is 63.9 Å². The lowest BCUT2D eigenvalue weighted by molar-refractivity contribution is -0.123. The molecule has 156 valence electrons. The number of halogens is 2. The minimum absolute atomic E-state index is 0.206. The fraction of sp³-hybridized carbons (Fsp3) is 0.0455. The van der Waals surface area contributed by atoms with Gasteiger partial charge in [-0.1, -0.05) is 41.0 Å². The predicted molar refractivity (Wildman–Crippen MR) is 128 cm³/mol. The first-order chi connectivity index (χ1) is 14.8. The van der Waals surface area contributed by atoms with E-state index >= 15 is 0 Å². The molecule has 5 nitrogen and oxygen atoms in total. The molecule has 4 rings (SSSR count). The van der Waals surface area contributed by atoms with E-state index in [0.717, 1.165) is 27.9 Å². The number of furan rings is 1. The van der Waals surface area contributed by atoms with E-state index in [9.17, 15) is 9.59 Å². The molecule has 1 saturated heterocycles. The van der Waals surface area contributed by atoms with Crippen molar-refractivity contribution < 1.29 is 14.0 Å². The van der Waals surface area contributed by atoms with Crippen LogP contribution < -0.4 is 5.43 Å². The van der Waals surface area contributed by atoms with Gasteiger partial charge in [0.1, 0.15) is 11.5 Å². The van der Waals surface area contributed by atoms with Crippen LogP contribution in [0.25, 0.3) is 17.4 Å². The van der Waals surface area contributed by atoms with E-state index in [-0.39, 0.29) is 9.88 Å². The average Bonchev–Trinajstić information content (AvgIpc) is 3.29. The number of hydrazine groups is 1. The van der Waals surface area contributed by atoms with Crippen LogP contribution in [-0.2, 0) is 4.79 Å². The second-order valence-electron chi connectivity index (χ2n) is 6.65. The topological polar surface area (TPSA) is 62.6 Å². The molecular weight excluding hydrogens is 475 g/mol. The molecule has 0 radical (unpaired) electrons. The molecule has 1 fully saturated rings. The molecule has 0 saturated carbocycles. The number of hydrogen-bond acceptors (Lipinski definition) is 5. The SMILES string of the molecule is Cc1ccc(C(=O)NN2C(=O)/C(=C\c3ccc(-c4ccc(Cl)cc4)o3)SC2=S)c(Cl)c1. The monoisotopic (exact) mass is 488 g/mol. The zero-order valence-corrected chi connectivity index (χ0v) is 19.2. The number of hydrogen-bond donors (Lipinski definition) is 1. The number of carbonyl (C=O) groups excluding carboxylic acids is 2. The van der Waals surface area contributed by atoms with Crippen LogP contribution in [0.2, 0.25) is 10.0 Å². The predicted octanol–water partition coefficient (Wildman–Crippen LogP) is 6.11. The van der Waals surface area contributed by atoms with E-state index in [2.05, 4.69) is 5.43 Å². The summed E-state index contributed by atoms with van der Waals surface area (Å²) in [4.78, 5) is 25.7. The smallest absolute Gasteiger partial charge is 0.285 e. The number of amides is 2. The lowest BCUT2D eigenvalue weighted by Gasteiger charge is -2.16. The number of benzene rings is 2. The Morgan fingerprint density at radius 1 is 1.13 bits per heavy atom. The Hall–Kier alpha value is -2.58. The van der Waals surface area contributed by atoms with Gasteiger partial charge in [-0.3, -0.25) is 15.0 Å². The first-order valence-corrected chi connectivity index (χ1v) is 11.0. The summed E-state index contributed by atoms with van der Waals surface area (Å²) < 4.78 is 6.02. The van der Waals surface area contributed by atoms with Crippen LogP contribution >= 0.6 is 47.2 Å². The van der Waals surface area contributed by atoms with Crippen LogP contribution in [0.5, 0.6) is 0 Å². The summed E-state index contributed by atoms with van der Waals surface area (Å²) in [5.41, 5.74) is 4.56. The van der Waals surface area contributed by atoms with Gasteiger partial charge in [0.2, 0.25) is 0 Å². The van der Waals surface area contributed by atoms with Crippen LogP contribution in [0.4, 0.5) is 0 Å². The molecule has 1 N–H and O–H groups in total. The largest absolute Gasteiger partial charge is 0.457 e. The third-order valence-corrected chi connectivity index (χ3v) is 6.27. The molecular formula is C22H14Cl2N2O3S2. The normalized spacial score (nSPS) is 15.1. The number of carbonyl (C=O) groups is 2. The maximum Gasteiger partial charge on any atom is 0.285 e. The summed E-state index contributed by atoms with van der Waals surface area (Å²) in [7, 11) is 0. The number of rotatable bonds is 4. The van der Waals surface area contributed by atoms with Gasteiger partial charge in [-0.05, 0) is 73.2 Å². The van der Waals surface area contributed by atoms with Gasteiger partial charge in [0.15, 0.2) is 4.32 Å². The summed E-state index contributed by atoms with van der Waals surface area (Å²) in [5.74, 6) is 0.153. The summed E-state index contributed by atoms with van der Waals surface area (Å²) in [6.07, 6.45) is 1.59. The molecule has 2 amide bonds. The molecule has 31 heavy (non-hydrogen) atoms. The Bertz CT molecular complexity index is 1240. The van der Waals surface area contributed by atoms with Crippen LogP contribution in [0.1, 0.15) is 21.7 Å². The van der Waals surface area contributed by atoms with Crippen molar-refractivity contribution in [2.75, 3.05) is 0 Å². The Balaban J connectivity index is 1.51. The number of nitrogens with one attached hydrogen (secondary N) is 1. The van der Waals surface area contributed by atoms with Gasteiger partial charge in [0, 0.05) is 16.7 Å². The van der Waals surface area contributed by atoms with E-state index in [0.29, 0.717) is 26.5 Å². The van der Waals surface area contributed by atoms with Crippen molar-refractivity contribution in [2.45, 2.75) is 6.92 Å². The molecule has 0 bridgehead atoms. The number of thiocarbonyl (C=S) groups is 1. The lowest BCUT2D eigenvalue weighted by atomic mass is 10.1. The third kappa shape index (κ3) is 4.70. The molecule has 2 aromatic carbocycles. The van der Waals surface area contributed by atoms with E-state index in [1.54, 1.807) is 48.5 Å². The molecule has 9 heteroatoms. The lowest BCUT2D eigenvalue weighted by Crippen LogP contribution is -2.44. The van der Waals surface area contributed by atoms with Crippen molar-refractivity contribution in [1.82, 2.24) is 10.4 Å². The highest BCUT2D eigenvalue weighted by molar-refractivity contribution is 8.26. The fourth-order valence-corrected chi connectivity index (χ4v) is 4.47. The number of thioether (sulfide) groups is 1. The highest BCUT2D eigenvalue weighted by Crippen LogP contribution is 2.33. The molecule has 0 spiro atoms. The van der Waals surface area contributed by atoms with Gasteiger partial charge >= 0.3 is 0 Å². The Morgan fingerprint density at radius 2 is 1.87 bits per heavy atom. The molecule has 2 heterocycles. The molecule has 1 aliphatic heterocycles. The van der Waals surface area contributed by atoms with Gasteiger partial charge in [-0.2, -0.15) is 5.01 Å². The van der Waals surface area contributed by atoms with Crippen molar-refractivity contribution in [3.8, 4) is 11.3 Å². The quantitative estimate of drug-likeness (QED) is 0.354. The van der Waals surface area contributed by atoms with E-state index in [4.69, 9.17) is 39.8 Å². The molecule has 3 aromatic rings. The van der Waals surface area contributed by atoms with E-state index in [1.165, 1.54) is 0 Å². The second-order valence-corrected chi connectivity index (χ2v) is 9.17. The van der Waals surface area contributed by atoms with Gasteiger partial charge < -0.3 is 4.42 Å². The van der Waals surface area contributed by atoms with Crippen LogP contribution in [0.3, 0.4) is 0 Å². The van der Waals surface area contributed by atoms with Crippen molar-refractivity contribution >= 4 is 69.4 Å².